The molecule has 1 aliphatic heterocycles. The van der Waals surface area contributed by atoms with Gasteiger partial charge in [0.15, 0.2) is 22.9 Å². The average Bonchev–Trinajstić information content (AvgIpc) is 3.53. The molecule has 0 fully saturated rings. The molecule has 0 radical (unpaired) electrons. The van der Waals surface area contributed by atoms with E-state index in [-0.39, 0.29) is 83.5 Å². The number of nitrogens with zero attached hydrogens (tertiary/aromatic N) is 4. The second kappa shape index (κ2) is 14.9. The highest BCUT2D eigenvalue weighted by molar-refractivity contribution is 6.17. The zero-order valence-corrected chi connectivity index (χ0v) is 33.0. The van der Waals surface area contributed by atoms with Crippen LogP contribution in [0, 0.1) is 17.7 Å². The minimum absolute atomic E-state index is 0.0196. The average molecular weight is 755 g/mol. The van der Waals surface area contributed by atoms with Crippen LogP contribution < -0.4 is 14.4 Å². The number of halogens is 1. The number of aliphatic hydroxyl groups is 2. The Labute approximate surface area is 316 Å². The molecule has 5 atom stereocenters. The number of carbonyl (C=O) groups is 3. The van der Waals surface area contributed by atoms with Crippen molar-refractivity contribution in [3.63, 3.8) is 0 Å². The van der Waals surface area contributed by atoms with E-state index in [1.807, 2.05) is 51.7 Å². The van der Waals surface area contributed by atoms with Crippen LogP contribution in [-0.4, -0.2) is 101 Å². The molecule has 1 amide bonds. The minimum atomic E-state index is -2.54. The minimum Gasteiger partial charge on any atom is -0.508 e. The molecular weight excluding hydrogens is 699 g/mol. The molecule has 296 valence electrons. The van der Waals surface area contributed by atoms with Gasteiger partial charge in [0.2, 0.25) is 5.78 Å². The van der Waals surface area contributed by atoms with Crippen molar-refractivity contribution >= 4 is 23.3 Å². The maximum absolute atomic E-state index is 17.4. The smallest absolute Gasteiger partial charge is 0.414 e. The summed E-state index contributed by atoms with van der Waals surface area (Å²) in [7, 11) is 5.48. The highest BCUT2D eigenvalue weighted by Crippen LogP contribution is 2.58. The van der Waals surface area contributed by atoms with Gasteiger partial charge in [0.1, 0.15) is 22.7 Å². The van der Waals surface area contributed by atoms with E-state index in [0.717, 1.165) is 12.8 Å². The number of benzene rings is 1. The zero-order chi connectivity index (χ0) is 39.4. The van der Waals surface area contributed by atoms with Crippen molar-refractivity contribution in [1.82, 2.24) is 15.0 Å². The number of ether oxygens (including phenoxy) is 3. The number of anilines is 1. The predicted molar refractivity (Wildman–Crippen MR) is 198 cm³/mol. The molecule has 6 rings (SSSR count). The maximum atomic E-state index is 17.4. The molecule has 0 bridgehead atoms. The van der Waals surface area contributed by atoms with Crippen LogP contribution >= 0.6 is 0 Å². The Morgan fingerprint density at radius 1 is 1.07 bits per heavy atom. The first-order valence-electron chi connectivity index (χ1n) is 19.3. The molecule has 0 spiro atoms. The second-order valence-corrected chi connectivity index (χ2v) is 16.2. The lowest BCUT2D eigenvalue weighted by molar-refractivity contribution is -0.0588. The molecule has 14 heteroatoms. The van der Waals surface area contributed by atoms with Crippen molar-refractivity contribution < 1.29 is 47.7 Å². The van der Waals surface area contributed by atoms with E-state index < -0.39 is 64.4 Å². The Kier molecular flexibility index (Phi) is 11.0. The van der Waals surface area contributed by atoms with Crippen molar-refractivity contribution in [2.45, 2.75) is 110 Å². The van der Waals surface area contributed by atoms with Gasteiger partial charge in [0.05, 0.1) is 30.5 Å². The second-order valence-electron chi connectivity index (χ2n) is 16.2. The number of hydrogen-bond acceptors (Lipinski definition) is 12. The van der Waals surface area contributed by atoms with Gasteiger partial charge in [0, 0.05) is 35.2 Å². The number of unbranched alkanes of at least 4 members (excludes halogenated alkanes) is 2. The lowest BCUT2D eigenvalue weighted by Crippen LogP contribution is -2.59. The number of rotatable bonds is 11. The molecule has 2 aromatic rings. The Morgan fingerprint density at radius 2 is 1.74 bits per heavy atom. The molecule has 1 unspecified atom stereocenters. The van der Waals surface area contributed by atoms with E-state index in [1.165, 1.54) is 4.90 Å². The van der Waals surface area contributed by atoms with Gasteiger partial charge in [-0.15, -0.1) is 0 Å². The molecule has 4 aliphatic rings. The van der Waals surface area contributed by atoms with Crippen LogP contribution in [0.15, 0.2) is 15.9 Å². The van der Waals surface area contributed by atoms with Crippen molar-refractivity contribution in [3.8, 4) is 11.6 Å². The number of Topliss-reactive ketones (excluding diaryl/α,β-unsaturated/α-hetero) is 2. The van der Waals surface area contributed by atoms with E-state index >= 15 is 9.18 Å². The largest absolute Gasteiger partial charge is 0.508 e. The molecule has 2 N–H and O–H groups in total. The van der Waals surface area contributed by atoms with Crippen molar-refractivity contribution in [2.75, 3.05) is 52.3 Å². The molecule has 1 aromatic carbocycles. The number of aliphatic hydroxyl groups excluding tert-OH is 1. The van der Waals surface area contributed by atoms with Crippen LogP contribution in [0.3, 0.4) is 0 Å². The maximum Gasteiger partial charge on any atom is 0.414 e. The zero-order valence-electron chi connectivity index (χ0n) is 33.0. The predicted octanol–water partition coefficient (Wildman–Crippen LogP) is 6.73. The Hall–Kier alpha value is -4.01. The fourth-order valence-electron chi connectivity index (χ4n) is 8.59. The molecule has 2 heterocycles. The van der Waals surface area contributed by atoms with Crippen LogP contribution in [-0.2, 0) is 11.2 Å². The number of carbonyl (C=O) groups excluding carboxylic acids is 3. The topological polar surface area (TPSA) is 155 Å². The quantitative estimate of drug-likeness (QED) is 0.234. The molecule has 13 nitrogen and oxygen atoms in total. The first kappa shape index (κ1) is 39.7. The Balaban J connectivity index is 1.57. The molecule has 0 saturated heterocycles. The number of hydrogen-bond donors (Lipinski definition) is 2. The first-order chi connectivity index (χ1) is 25.5. The third-order valence-electron chi connectivity index (χ3n) is 11.4. The number of amides is 1. The van der Waals surface area contributed by atoms with Crippen molar-refractivity contribution in [3.05, 3.63) is 45.2 Å². The molecule has 0 saturated carbocycles. The van der Waals surface area contributed by atoms with Gasteiger partial charge in [-0.3, -0.25) is 19.4 Å². The van der Waals surface area contributed by atoms with Crippen molar-refractivity contribution in [2.24, 2.45) is 11.8 Å². The van der Waals surface area contributed by atoms with Crippen LogP contribution in [0.2, 0.25) is 0 Å². The van der Waals surface area contributed by atoms with Gasteiger partial charge >= 0.3 is 6.09 Å². The van der Waals surface area contributed by atoms with Gasteiger partial charge in [-0.05, 0) is 91.6 Å². The summed E-state index contributed by atoms with van der Waals surface area (Å²) in [6.45, 7) is 12.2. The Bertz CT molecular complexity index is 1850. The standard InChI is InChI=1S/C40H55FN4O9/c1-10-13-17-51-33-26-22(29(41)27-24(43(7)8)15-16-45(31(27)33)38(49)53-39(4,5)6)19-21-20-23-30(44(9)12-3)34-28(37(42-54-34)52-18-14-11-2)36(48)40(23,50)35(47)25(21)32(26)46/h21,23-24,30,47,50H,10-20H2,1-9H3/t21-,23-,24?,30-,40-/m0/s1. The van der Waals surface area contributed by atoms with Crippen LogP contribution in [0.25, 0.3) is 0 Å². The lowest BCUT2D eigenvalue weighted by atomic mass is 9.58. The summed E-state index contributed by atoms with van der Waals surface area (Å²) in [5.74, 6) is -4.63. The fraction of sp³-hybridized carbons (Fsp3) is 0.650. The number of ketones is 2. The van der Waals surface area contributed by atoms with E-state index in [9.17, 15) is 19.8 Å². The van der Waals surface area contributed by atoms with Gasteiger partial charge in [-0.1, -0.05) is 33.6 Å². The van der Waals surface area contributed by atoms with Crippen molar-refractivity contribution in [1.29, 1.82) is 0 Å². The summed E-state index contributed by atoms with van der Waals surface area (Å²) in [6.07, 6.45) is 2.63. The van der Waals surface area contributed by atoms with E-state index in [1.54, 1.807) is 20.8 Å². The SMILES string of the molecule is CCCCOc1noc2c1C(=O)[C@@]1(O)C(O)=C3C(=O)c4c(c(F)c5c(c4OCCCC)N(C(=O)OC(C)(C)C)CCC5N(C)C)C[C@H]3C[C@H]1[C@@H]2N(C)CC. The highest BCUT2D eigenvalue weighted by Gasteiger charge is 2.64. The summed E-state index contributed by atoms with van der Waals surface area (Å²) in [4.78, 5) is 48.4. The highest BCUT2D eigenvalue weighted by atomic mass is 19.1. The number of aromatic nitrogens is 1. The van der Waals surface area contributed by atoms with Gasteiger partial charge < -0.3 is 33.8 Å². The summed E-state index contributed by atoms with van der Waals surface area (Å²) in [5.41, 5.74) is -3.32. The fourth-order valence-corrected chi connectivity index (χ4v) is 8.59. The third-order valence-corrected chi connectivity index (χ3v) is 11.4. The summed E-state index contributed by atoms with van der Waals surface area (Å²) in [6, 6.07) is -1.18. The molecular formula is C40H55FN4O9. The first-order valence-corrected chi connectivity index (χ1v) is 19.3. The van der Waals surface area contributed by atoms with Gasteiger partial charge in [-0.2, -0.15) is 0 Å². The van der Waals surface area contributed by atoms with Gasteiger partial charge in [-0.25, -0.2) is 9.18 Å². The summed E-state index contributed by atoms with van der Waals surface area (Å²) >= 11 is 0. The summed E-state index contributed by atoms with van der Waals surface area (Å²) < 4.78 is 41.2. The van der Waals surface area contributed by atoms with Crippen LogP contribution in [0.5, 0.6) is 11.6 Å². The van der Waals surface area contributed by atoms with E-state index in [2.05, 4.69) is 5.16 Å². The van der Waals surface area contributed by atoms with Crippen LogP contribution in [0.1, 0.15) is 130 Å². The summed E-state index contributed by atoms with van der Waals surface area (Å²) in [5, 5.41) is 28.9. The molecule has 1 aromatic heterocycles. The Morgan fingerprint density at radius 3 is 2.35 bits per heavy atom. The molecule has 54 heavy (non-hydrogen) atoms. The number of fused-ring (bicyclic) bond motifs is 5. The third kappa shape index (κ3) is 6.37. The van der Waals surface area contributed by atoms with Gasteiger partial charge in [0.25, 0.3) is 5.88 Å². The van der Waals surface area contributed by atoms with E-state index in [4.69, 9.17) is 18.7 Å². The van der Waals surface area contributed by atoms with E-state index in [0.29, 0.717) is 25.8 Å². The molecule has 3 aliphatic carbocycles. The lowest BCUT2D eigenvalue weighted by Gasteiger charge is -2.50. The monoisotopic (exact) mass is 754 g/mol. The normalized spacial score (nSPS) is 24.9. The number of allylic oxidation sites excluding steroid dienone is 1. The van der Waals surface area contributed by atoms with Crippen LogP contribution in [0.4, 0.5) is 14.9 Å².